The highest BCUT2D eigenvalue weighted by atomic mass is 35.5. The molecule has 0 saturated heterocycles. The van der Waals surface area contributed by atoms with Crippen molar-refractivity contribution in [1.82, 2.24) is 0 Å². The van der Waals surface area contributed by atoms with Crippen molar-refractivity contribution in [3.63, 3.8) is 0 Å². The number of benzene rings is 2. The van der Waals surface area contributed by atoms with E-state index in [0.29, 0.717) is 4.49 Å². The zero-order valence-corrected chi connectivity index (χ0v) is 11.8. The van der Waals surface area contributed by atoms with Crippen LogP contribution in [0.15, 0.2) is 47.0 Å². The fraction of sp³-hybridized carbons (Fsp3) is 0. The van der Waals surface area contributed by atoms with E-state index in [4.69, 9.17) is 23.2 Å². The lowest BCUT2D eigenvalue weighted by atomic mass is 10.0. The van der Waals surface area contributed by atoms with Crippen molar-refractivity contribution in [2.24, 2.45) is 0 Å². The lowest BCUT2D eigenvalue weighted by Crippen LogP contribution is -1.86. The van der Waals surface area contributed by atoms with E-state index in [-0.39, 0.29) is 0 Å². The second-order valence-electron chi connectivity index (χ2n) is 3.41. The van der Waals surface area contributed by atoms with Gasteiger partial charge in [-0.15, -0.1) is 0 Å². The van der Waals surface area contributed by atoms with Crippen molar-refractivity contribution in [2.45, 2.75) is 0 Å². The van der Waals surface area contributed by atoms with Crippen LogP contribution in [0.2, 0.25) is 0 Å². The molecule has 0 N–H and O–H groups in total. The SMILES string of the molecule is [SiH3]C(=C(Cl)Cl)c1cccc2ccccc12. The molecule has 0 aliphatic carbocycles. The molecule has 2 aromatic carbocycles. The molecule has 0 atom stereocenters. The molecule has 0 aliphatic heterocycles. The zero-order chi connectivity index (χ0) is 10.8. The summed E-state index contributed by atoms with van der Waals surface area (Å²) in [5.41, 5.74) is 1.15. The van der Waals surface area contributed by atoms with E-state index in [1.165, 1.54) is 10.8 Å². The largest absolute Gasteiger partial charge is 0.105 e. The molecule has 0 heterocycles. The molecule has 0 nitrogen and oxygen atoms in total. The van der Waals surface area contributed by atoms with Crippen LogP contribution in [0.25, 0.3) is 16.0 Å². The molecule has 2 aromatic rings. The van der Waals surface area contributed by atoms with Crippen LogP contribution in [0.5, 0.6) is 0 Å². The Balaban J connectivity index is 2.77. The summed E-state index contributed by atoms with van der Waals surface area (Å²) < 4.78 is 0.387. The maximum absolute atomic E-state index is 5.84. The summed E-state index contributed by atoms with van der Waals surface area (Å²) in [7, 11) is 0.847. The normalized spacial score (nSPS) is 10.5. The molecule has 0 bridgehead atoms. The first kappa shape index (κ1) is 10.7. The Labute approximate surface area is 102 Å². The minimum atomic E-state index is 0.387. The van der Waals surface area contributed by atoms with Gasteiger partial charge in [0.1, 0.15) is 4.49 Å². The number of rotatable bonds is 1. The van der Waals surface area contributed by atoms with E-state index in [2.05, 4.69) is 24.3 Å². The van der Waals surface area contributed by atoms with Crippen LogP contribution in [0, 0.1) is 0 Å². The number of fused-ring (bicyclic) bond motifs is 1. The van der Waals surface area contributed by atoms with Crippen LogP contribution in [0.4, 0.5) is 0 Å². The molecule has 2 rings (SSSR count). The van der Waals surface area contributed by atoms with Crippen LogP contribution < -0.4 is 0 Å². The van der Waals surface area contributed by atoms with Crippen LogP contribution in [-0.4, -0.2) is 10.2 Å². The lowest BCUT2D eigenvalue weighted by molar-refractivity contribution is 1.70. The number of hydrogen-bond acceptors (Lipinski definition) is 0. The molecule has 0 unspecified atom stereocenters. The van der Waals surface area contributed by atoms with Crippen LogP contribution in [0.3, 0.4) is 0 Å². The second-order valence-corrected chi connectivity index (χ2v) is 5.36. The van der Waals surface area contributed by atoms with Gasteiger partial charge in [0.15, 0.2) is 0 Å². The molecule has 0 saturated carbocycles. The van der Waals surface area contributed by atoms with Gasteiger partial charge < -0.3 is 0 Å². The van der Waals surface area contributed by atoms with Gasteiger partial charge >= 0.3 is 0 Å². The third-order valence-corrected chi connectivity index (χ3v) is 4.72. The summed E-state index contributed by atoms with van der Waals surface area (Å²) in [6.07, 6.45) is 0. The third-order valence-electron chi connectivity index (χ3n) is 2.48. The maximum Gasteiger partial charge on any atom is 0.105 e. The monoisotopic (exact) mass is 252 g/mol. The highest BCUT2D eigenvalue weighted by molar-refractivity contribution is 6.65. The summed E-state index contributed by atoms with van der Waals surface area (Å²) in [6.45, 7) is 0. The van der Waals surface area contributed by atoms with Gasteiger partial charge in [-0.05, 0) is 21.5 Å². The van der Waals surface area contributed by atoms with E-state index in [1.54, 1.807) is 0 Å². The van der Waals surface area contributed by atoms with Gasteiger partial charge in [0.2, 0.25) is 0 Å². The Morgan fingerprint density at radius 3 is 2.33 bits per heavy atom. The van der Waals surface area contributed by atoms with E-state index < -0.39 is 0 Å². The predicted molar refractivity (Wildman–Crippen MR) is 72.5 cm³/mol. The van der Waals surface area contributed by atoms with Crippen LogP contribution in [0.1, 0.15) is 5.56 Å². The van der Waals surface area contributed by atoms with Crippen molar-refractivity contribution in [1.29, 1.82) is 0 Å². The van der Waals surface area contributed by atoms with E-state index >= 15 is 0 Å². The number of halogens is 2. The van der Waals surface area contributed by atoms with Gasteiger partial charge in [-0.25, -0.2) is 0 Å². The van der Waals surface area contributed by atoms with Crippen LogP contribution in [-0.2, 0) is 0 Å². The summed E-state index contributed by atoms with van der Waals surface area (Å²) >= 11 is 11.7. The highest BCUT2D eigenvalue weighted by Gasteiger charge is 2.04. The van der Waals surface area contributed by atoms with E-state index in [9.17, 15) is 0 Å². The van der Waals surface area contributed by atoms with Crippen molar-refractivity contribution in [3.05, 3.63) is 52.5 Å². The molecular weight excluding hydrogens is 243 g/mol. The van der Waals surface area contributed by atoms with Gasteiger partial charge in [-0.1, -0.05) is 65.7 Å². The Kier molecular flexibility index (Phi) is 3.15. The Morgan fingerprint density at radius 1 is 0.933 bits per heavy atom. The molecule has 0 fully saturated rings. The van der Waals surface area contributed by atoms with E-state index in [0.717, 1.165) is 21.0 Å². The molecule has 0 spiro atoms. The summed E-state index contributed by atoms with van der Waals surface area (Å²) in [5, 5.41) is 3.48. The molecule has 3 heteroatoms. The zero-order valence-electron chi connectivity index (χ0n) is 8.30. The molecule has 0 radical (unpaired) electrons. The van der Waals surface area contributed by atoms with Gasteiger partial charge in [0.25, 0.3) is 0 Å². The molecule has 0 amide bonds. The Morgan fingerprint density at radius 2 is 1.60 bits per heavy atom. The number of hydrogen-bond donors (Lipinski definition) is 0. The summed E-state index contributed by atoms with van der Waals surface area (Å²) in [6, 6.07) is 14.4. The summed E-state index contributed by atoms with van der Waals surface area (Å²) in [5.74, 6) is 0. The summed E-state index contributed by atoms with van der Waals surface area (Å²) in [4.78, 5) is 0. The van der Waals surface area contributed by atoms with Gasteiger partial charge in [-0.2, -0.15) is 0 Å². The fourth-order valence-electron chi connectivity index (χ4n) is 1.65. The molecule has 76 valence electrons. The smallest absolute Gasteiger partial charge is 0.0710 e. The van der Waals surface area contributed by atoms with Crippen molar-refractivity contribution in [3.8, 4) is 0 Å². The van der Waals surface area contributed by atoms with Crippen molar-refractivity contribution in [2.75, 3.05) is 0 Å². The third kappa shape index (κ3) is 2.10. The maximum atomic E-state index is 5.84. The second kappa shape index (κ2) is 4.39. The molecular formula is C12H10Cl2Si. The highest BCUT2D eigenvalue weighted by Crippen LogP contribution is 2.27. The minimum Gasteiger partial charge on any atom is -0.0710 e. The van der Waals surface area contributed by atoms with Gasteiger partial charge in [0.05, 0.1) is 0 Å². The van der Waals surface area contributed by atoms with Gasteiger partial charge in [0, 0.05) is 10.2 Å². The first-order chi connectivity index (χ1) is 7.20. The average molecular weight is 253 g/mol. The fourth-order valence-corrected chi connectivity index (χ4v) is 2.29. The molecule has 0 aliphatic rings. The van der Waals surface area contributed by atoms with Gasteiger partial charge in [-0.3, -0.25) is 0 Å². The Hall–Kier alpha value is -0.763. The van der Waals surface area contributed by atoms with Crippen LogP contribution >= 0.6 is 23.2 Å². The topological polar surface area (TPSA) is 0 Å². The van der Waals surface area contributed by atoms with Crippen molar-refractivity contribution >= 4 is 49.4 Å². The average Bonchev–Trinajstić information content (AvgIpc) is 2.27. The standard InChI is InChI=1S/C12H10Cl2Si/c13-12(14)11(15)10-7-3-5-8-4-1-2-6-9(8)10/h1-7H,15H3. The molecule has 15 heavy (non-hydrogen) atoms. The Bertz CT molecular complexity index is 523. The quantitative estimate of drug-likeness (QED) is 0.684. The molecule has 0 aromatic heterocycles. The first-order valence-electron chi connectivity index (χ1n) is 4.70. The first-order valence-corrected chi connectivity index (χ1v) is 6.46. The van der Waals surface area contributed by atoms with E-state index in [1.807, 2.05) is 18.2 Å². The van der Waals surface area contributed by atoms with Crippen molar-refractivity contribution < 1.29 is 0 Å². The predicted octanol–water partition coefficient (Wildman–Crippen LogP) is 3.31. The minimum absolute atomic E-state index is 0.387. The lowest BCUT2D eigenvalue weighted by Gasteiger charge is -2.06.